The Kier molecular flexibility index (Phi) is 11.5. The second-order valence-corrected chi connectivity index (χ2v) is 11.9. The number of halogens is 4. The Morgan fingerprint density at radius 2 is 1.98 bits per heavy atom. The number of carbonyl (C=O) groups excluding carboxylic acids is 1. The molecule has 0 bridgehead atoms. The van der Waals surface area contributed by atoms with Gasteiger partial charge in [-0.05, 0) is 44.2 Å². The highest BCUT2D eigenvalue weighted by molar-refractivity contribution is 8.00. The fourth-order valence-corrected chi connectivity index (χ4v) is 5.86. The molecule has 1 aromatic heterocycles. The molecule has 0 aliphatic carbocycles. The van der Waals surface area contributed by atoms with E-state index in [1.165, 1.54) is 54.2 Å². The number of alkyl halides is 1. The number of nitrogens with zero attached hydrogens (tertiary/aromatic N) is 4. The van der Waals surface area contributed by atoms with E-state index in [2.05, 4.69) is 10.1 Å². The molecule has 1 saturated heterocycles. The highest BCUT2D eigenvalue weighted by Crippen LogP contribution is 2.42. The third kappa shape index (κ3) is 8.63. The molecule has 1 aliphatic heterocycles. The lowest BCUT2D eigenvalue weighted by molar-refractivity contribution is -0.146. The van der Waals surface area contributed by atoms with Crippen LogP contribution < -0.4 is 0 Å². The fraction of sp³-hybridized carbons (Fsp3) is 0.333. The first kappa shape index (κ1) is 33.1. The smallest absolute Gasteiger partial charge is 0.419 e. The average molecular weight is 649 g/mol. The number of thioether (sulfide) groups is 1. The summed E-state index contributed by atoms with van der Waals surface area (Å²) in [5.41, 5.74) is -2.33. The topological polar surface area (TPSA) is 108 Å². The first-order valence-corrected chi connectivity index (χ1v) is 14.7. The molecule has 2 aromatic carbocycles. The van der Waals surface area contributed by atoms with Crippen molar-refractivity contribution in [1.82, 2.24) is 14.8 Å². The summed E-state index contributed by atoms with van der Waals surface area (Å²) in [6.07, 6.45) is 7.29. The summed E-state index contributed by atoms with van der Waals surface area (Å²) in [4.78, 5) is 16.7. The maximum Gasteiger partial charge on any atom is 0.510 e. The van der Waals surface area contributed by atoms with Crippen LogP contribution in [0.2, 0.25) is 0 Å². The molecule has 0 N–H and O–H groups in total. The van der Waals surface area contributed by atoms with E-state index in [1.54, 1.807) is 31.2 Å². The zero-order valence-electron chi connectivity index (χ0n) is 23.6. The van der Waals surface area contributed by atoms with Gasteiger partial charge >= 0.3 is 6.16 Å². The van der Waals surface area contributed by atoms with Crippen LogP contribution in [0.4, 0.5) is 18.0 Å². The molecule has 4 rings (SSSR count). The molecule has 3 aromatic rings. The van der Waals surface area contributed by atoms with Crippen molar-refractivity contribution >= 4 is 35.6 Å². The largest absolute Gasteiger partial charge is 0.510 e. The van der Waals surface area contributed by atoms with Crippen LogP contribution in [-0.2, 0) is 31.1 Å². The van der Waals surface area contributed by atoms with Gasteiger partial charge < -0.3 is 18.9 Å². The highest BCUT2D eigenvalue weighted by atomic mass is 35.5. The van der Waals surface area contributed by atoms with Crippen LogP contribution in [0.25, 0.3) is 6.08 Å². The minimum atomic E-state index is -1.75. The van der Waals surface area contributed by atoms with Gasteiger partial charge in [0.25, 0.3) is 0 Å². The molecule has 1 unspecified atom stereocenters. The lowest BCUT2D eigenvalue weighted by atomic mass is 9.89. The number of allylic oxidation sites excluding steroid dienone is 2. The van der Waals surface area contributed by atoms with Gasteiger partial charge in [-0.15, -0.1) is 11.8 Å². The first-order valence-electron chi connectivity index (χ1n) is 13.3. The van der Waals surface area contributed by atoms with E-state index in [1.807, 2.05) is 6.07 Å². The summed E-state index contributed by atoms with van der Waals surface area (Å²) in [7, 11) is 0. The summed E-state index contributed by atoms with van der Waals surface area (Å²) in [5, 5.41) is 12.0. The number of ether oxygens (including phenoxy) is 4. The second kappa shape index (κ2) is 15.3. The standard InChI is InChI=1S/C30H28ClF3N4O5S/c1-19(44-24-14-40-28(41-15-24)6-4-3-5-22-8-7-21(13-35)11-26(22)33)30(16-38-18-36-17-37-38,43-29(39)42-20(2)31)25-10-9-23(32)12-27(25)34/h3-12,17-20,24,28H,14-16H2,1-2H3/b5-3+,6-4+/t19-,20?,24?,28?,30-/m1/s1. The summed E-state index contributed by atoms with van der Waals surface area (Å²) >= 11 is 7.15. The summed E-state index contributed by atoms with van der Waals surface area (Å²) < 4.78 is 67.1. The Morgan fingerprint density at radius 1 is 1.20 bits per heavy atom. The summed E-state index contributed by atoms with van der Waals surface area (Å²) in [5.74, 6) is -2.24. The zero-order chi connectivity index (χ0) is 31.7. The molecule has 232 valence electrons. The van der Waals surface area contributed by atoms with E-state index in [-0.39, 0.29) is 36.1 Å². The SMILES string of the molecule is CC(Cl)OC(=O)O[C@@](Cn1cncn1)(c1ccc(F)cc1F)[C@@H](C)SC1COC(/C=C/C=C/c2ccc(C#N)cc2F)OC1. The first-order chi connectivity index (χ1) is 21.1. The van der Waals surface area contributed by atoms with Crippen LogP contribution in [0, 0.1) is 28.8 Å². The van der Waals surface area contributed by atoms with Gasteiger partial charge in [-0.2, -0.15) is 10.4 Å². The van der Waals surface area contributed by atoms with Gasteiger partial charge in [0.05, 0.1) is 36.6 Å². The van der Waals surface area contributed by atoms with Gasteiger partial charge in [-0.3, -0.25) is 0 Å². The number of rotatable bonds is 11. The monoisotopic (exact) mass is 648 g/mol. The predicted molar refractivity (Wildman–Crippen MR) is 157 cm³/mol. The second-order valence-electron chi connectivity index (χ2n) is 9.65. The molecule has 1 fully saturated rings. The van der Waals surface area contributed by atoms with E-state index in [4.69, 9.17) is 35.8 Å². The molecule has 2 heterocycles. The maximum absolute atomic E-state index is 15.3. The van der Waals surface area contributed by atoms with Crippen LogP contribution in [0.15, 0.2) is 67.3 Å². The molecule has 44 heavy (non-hydrogen) atoms. The van der Waals surface area contributed by atoms with Gasteiger partial charge in [0.1, 0.15) is 30.1 Å². The van der Waals surface area contributed by atoms with Crippen molar-refractivity contribution in [1.29, 1.82) is 5.26 Å². The van der Waals surface area contributed by atoms with Crippen LogP contribution in [0.1, 0.15) is 30.5 Å². The predicted octanol–water partition coefficient (Wildman–Crippen LogP) is 6.33. The molecular weight excluding hydrogens is 621 g/mol. The van der Waals surface area contributed by atoms with Crippen molar-refractivity contribution in [3.63, 3.8) is 0 Å². The molecule has 9 nitrogen and oxygen atoms in total. The molecule has 3 atom stereocenters. The van der Waals surface area contributed by atoms with Crippen molar-refractivity contribution < 1.29 is 36.9 Å². The lowest BCUT2D eigenvalue weighted by Crippen LogP contribution is -2.47. The molecule has 0 radical (unpaired) electrons. The number of carbonyl (C=O) groups is 1. The average Bonchev–Trinajstić information content (AvgIpc) is 3.49. The van der Waals surface area contributed by atoms with Crippen LogP contribution in [-0.4, -0.2) is 56.5 Å². The van der Waals surface area contributed by atoms with Gasteiger partial charge in [-0.1, -0.05) is 35.9 Å². The summed E-state index contributed by atoms with van der Waals surface area (Å²) in [6, 6.07) is 9.06. The molecule has 0 amide bonds. The van der Waals surface area contributed by atoms with E-state index >= 15 is 4.39 Å². The lowest BCUT2D eigenvalue weighted by Gasteiger charge is -2.40. The van der Waals surface area contributed by atoms with E-state index in [0.29, 0.717) is 11.6 Å². The van der Waals surface area contributed by atoms with Crippen LogP contribution in [0.3, 0.4) is 0 Å². The third-order valence-electron chi connectivity index (χ3n) is 6.51. The number of hydrogen-bond donors (Lipinski definition) is 0. The van der Waals surface area contributed by atoms with Gasteiger partial charge in [0.2, 0.25) is 0 Å². The van der Waals surface area contributed by atoms with Gasteiger partial charge in [0.15, 0.2) is 17.5 Å². The highest BCUT2D eigenvalue weighted by Gasteiger charge is 2.47. The minimum absolute atomic E-state index is 0.0995. The number of hydrogen-bond acceptors (Lipinski definition) is 9. The van der Waals surface area contributed by atoms with Crippen molar-refractivity contribution in [2.45, 2.75) is 48.3 Å². The van der Waals surface area contributed by atoms with Gasteiger partial charge in [-0.25, -0.2) is 27.6 Å². The molecule has 0 spiro atoms. The Morgan fingerprint density at radius 3 is 2.61 bits per heavy atom. The van der Waals surface area contributed by atoms with E-state index < -0.39 is 46.3 Å². The van der Waals surface area contributed by atoms with Gasteiger partial charge in [0, 0.05) is 22.4 Å². The van der Waals surface area contributed by atoms with Crippen molar-refractivity contribution in [3.05, 3.63) is 101 Å². The Balaban J connectivity index is 1.48. The van der Waals surface area contributed by atoms with Crippen molar-refractivity contribution in [3.8, 4) is 6.07 Å². The summed E-state index contributed by atoms with van der Waals surface area (Å²) in [6.45, 7) is 3.42. The Hall–Kier alpha value is -3.83. The third-order valence-corrected chi connectivity index (χ3v) is 8.04. The zero-order valence-corrected chi connectivity index (χ0v) is 25.2. The maximum atomic E-state index is 15.3. The fourth-order valence-electron chi connectivity index (χ4n) is 4.43. The van der Waals surface area contributed by atoms with Crippen LogP contribution in [0.5, 0.6) is 0 Å². The van der Waals surface area contributed by atoms with Crippen LogP contribution >= 0.6 is 23.4 Å². The number of aromatic nitrogens is 3. The Labute approximate surface area is 261 Å². The molecular formula is C30H28ClF3N4O5S. The molecule has 1 aliphatic rings. The molecule has 14 heteroatoms. The van der Waals surface area contributed by atoms with E-state index in [9.17, 15) is 13.6 Å². The quantitative estimate of drug-likeness (QED) is 0.134. The van der Waals surface area contributed by atoms with Crippen molar-refractivity contribution in [2.75, 3.05) is 13.2 Å². The normalized spacial score (nSPS) is 19.8. The molecule has 0 saturated carbocycles. The van der Waals surface area contributed by atoms with Crippen molar-refractivity contribution in [2.24, 2.45) is 0 Å². The number of nitriles is 1. The minimum Gasteiger partial charge on any atom is -0.419 e. The number of benzene rings is 2. The van der Waals surface area contributed by atoms with E-state index in [0.717, 1.165) is 12.1 Å². The Bertz CT molecular complexity index is 1530.